The molecule has 0 bridgehead atoms. The first-order chi connectivity index (χ1) is 8.19. The lowest BCUT2D eigenvalue weighted by atomic mass is 9.81. The van der Waals surface area contributed by atoms with Gasteiger partial charge < -0.3 is 5.32 Å². The van der Waals surface area contributed by atoms with Gasteiger partial charge >= 0.3 is 0 Å². The van der Waals surface area contributed by atoms with E-state index < -0.39 is 0 Å². The van der Waals surface area contributed by atoms with Gasteiger partial charge in [-0.15, -0.1) is 0 Å². The van der Waals surface area contributed by atoms with Crippen molar-refractivity contribution in [2.45, 2.75) is 58.5 Å². The van der Waals surface area contributed by atoms with Gasteiger partial charge in [0.1, 0.15) is 0 Å². The average Bonchev–Trinajstić information content (AvgIpc) is 2.61. The minimum Gasteiger partial charge on any atom is -0.310 e. The number of rotatable bonds is 6. The van der Waals surface area contributed by atoms with E-state index in [1.54, 1.807) is 0 Å². The molecule has 1 aromatic rings. The lowest BCUT2D eigenvalue weighted by molar-refractivity contribution is 0.265. The molecule has 1 aromatic heterocycles. The summed E-state index contributed by atoms with van der Waals surface area (Å²) >= 11 is 0. The fourth-order valence-electron chi connectivity index (χ4n) is 2.63. The SMILES string of the molecule is CCc1nn(C)cc1CNC(C)CC1CCC1. The van der Waals surface area contributed by atoms with E-state index in [2.05, 4.69) is 30.5 Å². The maximum Gasteiger partial charge on any atom is 0.0666 e. The van der Waals surface area contributed by atoms with E-state index >= 15 is 0 Å². The summed E-state index contributed by atoms with van der Waals surface area (Å²) in [6.45, 7) is 5.44. The molecule has 3 nitrogen and oxygen atoms in total. The molecule has 1 N–H and O–H groups in total. The van der Waals surface area contributed by atoms with Crippen LogP contribution in [0.3, 0.4) is 0 Å². The Morgan fingerprint density at radius 2 is 2.29 bits per heavy atom. The number of nitrogens with zero attached hydrogens (tertiary/aromatic N) is 2. The van der Waals surface area contributed by atoms with E-state index in [0.29, 0.717) is 6.04 Å². The second-order valence-electron chi connectivity index (χ2n) is 5.44. The minimum atomic E-state index is 0.630. The third-order valence-electron chi connectivity index (χ3n) is 3.88. The van der Waals surface area contributed by atoms with Crippen molar-refractivity contribution in [1.82, 2.24) is 15.1 Å². The second-order valence-corrected chi connectivity index (χ2v) is 5.44. The molecule has 1 heterocycles. The van der Waals surface area contributed by atoms with E-state index in [0.717, 1.165) is 18.9 Å². The van der Waals surface area contributed by atoms with Gasteiger partial charge in [-0.2, -0.15) is 5.10 Å². The molecule has 0 amide bonds. The van der Waals surface area contributed by atoms with Crippen LogP contribution in [0.1, 0.15) is 50.8 Å². The van der Waals surface area contributed by atoms with Gasteiger partial charge in [0, 0.05) is 31.4 Å². The highest BCUT2D eigenvalue weighted by Gasteiger charge is 2.19. The quantitative estimate of drug-likeness (QED) is 0.821. The Morgan fingerprint density at radius 1 is 1.53 bits per heavy atom. The van der Waals surface area contributed by atoms with Gasteiger partial charge in [-0.05, 0) is 25.7 Å². The summed E-state index contributed by atoms with van der Waals surface area (Å²) in [4.78, 5) is 0. The van der Waals surface area contributed by atoms with Crippen LogP contribution in [-0.2, 0) is 20.0 Å². The van der Waals surface area contributed by atoms with Gasteiger partial charge in [-0.25, -0.2) is 0 Å². The van der Waals surface area contributed by atoms with Crippen LogP contribution in [0.2, 0.25) is 0 Å². The van der Waals surface area contributed by atoms with Crippen LogP contribution in [0, 0.1) is 5.92 Å². The molecular weight excluding hydrogens is 210 g/mol. The zero-order valence-corrected chi connectivity index (χ0v) is 11.4. The molecule has 0 aromatic carbocycles. The van der Waals surface area contributed by atoms with Gasteiger partial charge in [0.25, 0.3) is 0 Å². The van der Waals surface area contributed by atoms with Gasteiger partial charge in [-0.1, -0.05) is 26.2 Å². The monoisotopic (exact) mass is 235 g/mol. The summed E-state index contributed by atoms with van der Waals surface area (Å²) < 4.78 is 1.92. The molecule has 1 aliphatic carbocycles. The highest BCUT2D eigenvalue weighted by Crippen LogP contribution is 2.30. The first kappa shape index (κ1) is 12.6. The Balaban J connectivity index is 1.79. The highest BCUT2D eigenvalue weighted by atomic mass is 15.3. The smallest absolute Gasteiger partial charge is 0.0666 e. The molecule has 3 heteroatoms. The van der Waals surface area contributed by atoms with E-state index in [4.69, 9.17) is 0 Å². The second kappa shape index (κ2) is 5.67. The van der Waals surface area contributed by atoms with Crippen molar-refractivity contribution in [2.24, 2.45) is 13.0 Å². The molecule has 0 saturated heterocycles. The highest BCUT2D eigenvalue weighted by molar-refractivity contribution is 5.16. The topological polar surface area (TPSA) is 29.9 Å². The number of aromatic nitrogens is 2. The van der Waals surface area contributed by atoms with Crippen molar-refractivity contribution in [2.75, 3.05) is 0 Å². The van der Waals surface area contributed by atoms with Crippen LogP contribution in [0.15, 0.2) is 6.20 Å². The predicted octanol–water partition coefficient (Wildman–Crippen LogP) is 2.65. The van der Waals surface area contributed by atoms with E-state index in [-0.39, 0.29) is 0 Å². The van der Waals surface area contributed by atoms with Crippen molar-refractivity contribution >= 4 is 0 Å². The number of hydrogen-bond donors (Lipinski definition) is 1. The third kappa shape index (κ3) is 3.32. The Kier molecular flexibility index (Phi) is 4.21. The van der Waals surface area contributed by atoms with Crippen LogP contribution >= 0.6 is 0 Å². The van der Waals surface area contributed by atoms with Gasteiger partial charge in [0.15, 0.2) is 0 Å². The molecule has 1 atom stereocenters. The Labute approximate surface area is 105 Å². The Morgan fingerprint density at radius 3 is 2.88 bits per heavy atom. The van der Waals surface area contributed by atoms with Crippen LogP contribution in [0.25, 0.3) is 0 Å². The molecular formula is C14H25N3. The molecule has 1 saturated carbocycles. The van der Waals surface area contributed by atoms with Crippen molar-refractivity contribution < 1.29 is 0 Å². The van der Waals surface area contributed by atoms with Crippen LogP contribution in [-0.4, -0.2) is 15.8 Å². The van der Waals surface area contributed by atoms with E-state index in [1.165, 1.54) is 36.9 Å². The van der Waals surface area contributed by atoms with Gasteiger partial charge in [0.05, 0.1) is 5.69 Å². The van der Waals surface area contributed by atoms with Gasteiger partial charge in [0.2, 0.25) is 0 Å². The summed E-state index contributed by atoms with van der Waals surface area (Å²) in [6.07, 6.45) is 8.83. The summed E-state index contributed by atoms with van der Waals surface area (Å²) in [5.74, 6) is 0.983. The van der Waals surface area contributed by atoms with Crippen molar-refractivity contribution in [1.29, 1.82) is 0 Å². The summed E-state index contributed by atoms with van der Waals surface area (Å²) in [5.41, 5.74) is 2.59. The van der Waals surface area contributed by atoms with E-state index in [1.807, 2.05) is 11.7 Å². The standard InChI is InChI=1S/C14H25N3/c1-4-14-13(10-17(3)16-14)9-15-11(2)8-12-6-5-7-12/h10-12,15H,4-9H2,1-3H3. The van der Waals surface area contributed by atoms with Crippen molar-refractivity contribution in [3.63, 3.8) is 0 Å². The predicted molar refractivity (Wildman–Crippen MR) is 70.8 cm³/mol. The maximum atomic E-state index is 4.47. The van der Waals surface area contributed by atoms with Crippen molar-refractivity contribution in [3.8, 4) is 0 Å². The fourth-order valence-corrected chi connectivity index (χ4v) is 2.63. The Hall–Kier alpha value is -0.830. The third-order valence-corrected chi connectivity index (χ3v) is 3.88. The average molecular weight is 235 g/mol. The van der Waals surface area contributed by atoms with E-state index in [9.17, 15) is 0 Å². The summed E-state index contributed by atoms with van der Waals surface area (Å²) in [6, 6.07) is 0.630. The fraction of sp³-hybridized carbons (Fsp3) is 0.786. The summed E-state index contributed by atoms with van der Waals surface area (Å²) in [5, 5.41) is 8.10. The molecule has 0 aliphatic heterocycles. The van der Waals surface area contributed by atoms with Crippen LogP contribution in [0.4, 0.5) is 0 Å². The summed E-state index contributed by atoms with van der Waals surface area (Å²) in [7, 11) is 2.00. The molecule has 2 rings (SSSR count). The van der Waals surface area contributed by atoms with Crippen LogP contribution < -0.4 is 5.32 Å². The minimum absolute atomic E-state index is 0.630. The molecule has 96 valence electrons. The molecule has 0 radical (unpaired) electrons. The molecule has 17 heavy (non-hydrogen) atoms. The number of nitrogens with one attached hydrogen (secondary N) is 1. The maximum absolute atomic E-state index is 4.47. The molecule has 1 fully saturated rings. The molecule has 0 spiro atoms. The number of aryl methyl sites for hydroxylation is 2. The lowest BCUT2D eigenvalue weighted by Gasteiger charge is -2.28. The van der Waals surface area contributed by atoms with Crippen molar-refractivity contribution in [3.05, 3.63) is 17.5 Å². The molecule has 1 aliphatic rings. The Bertz CT molecular complexity index is 352. The number of hydrogen-bond acceptors (Lipinski definition) is 2. The first-order valence-corrected chi connectivity index (χ1v) is 6.93. The first-order valence-electron chi connectivity index (χ1n) is 6.93. The lowest BCUT2D eigenvalue weighted by Crippen LogP contribution is -2.30. The molecule has 1 unspecified atom stereocenters. The normalized spacial score (nSPS) is 18.1. The van der Waals surface area contributed by atoms with Crippen LogP contribution in [0.5, 0.6) is 0 Å². The van der Waals surface area contributed by atoms with Gasteiger partial charge in [-0.3, -0.25) is 4.68 Å². The largest absolute Gasteiger partial charge is 0.310 e. The zero-order valence-electron chi connectivity index (χ0n) is 11.4. The zero-order chi connectivity index (χ0) is 12.3.